The number of nitrogens with one attached hydrogen (secondary N) is 2. The smallest absolute Gasteiger partial charge is 0.378 e. The van der Waals surface area contributed by atoms with E-state index >= 15 is 0 Å². The van der Waals surface area contributed by atoms with E-state index in [1.807, 2.05) is 18.2 Å². The summed E-state index contributed by atoms with van der Waals surface area (Å²) in [4.78, 5) is 29.3. The van der Waals surface area contributed by atoms with Gasteiger partial charge in [0, 0.05) is 54.0 Å². The monoisotopic (exact) mass is 520 g/mol. The van der Waals surface area contributed by atoms with Crippen molar-refractivity contribution in [3.63, 3.8) is 0 Å². The predicted molar refractivity (Wildman–Crippen MR) is 137 cm³/mol. The molecule has 1 fully saturated rings. The van der Waals surface area contributed by atoms with Gasteiger partial charge in [0.15, 0.2) is 0 Å². The number of rotatable bonds is 4. The summed E-state index contributed by atoms with van der Waals surface area (Å²) in [6.45, 7) is 3.12. The molecule has 0 radical (unpaired) electrons. The SMILES string of the molecule is Cc1[nH]c(=O)n(-c2ccc(N3CCOCC3)c(C(F)(F)F)c2)c1-c1cc(-c2cnc3[nH]ccc3c2)ccn1. The number of aryl methyl sites for hydroxylation is 1. The fourth-order valence-corrected chi connectivity index (χ4v) is 4.91. The number of aromatic amines is 2. The molecule has 1 saturated heterocycles. The van der Waals surface area contributed by atoms with Crippen LogP contribution in [0.2, 0.25) is 0 Å². The summed E-state index contributed by atoms with van der Waals surface area (Å²) >= 11 is 0. The molecular formula is C27H23F3N6O2. The van der Waals surface area contributed by atoms with E-state index in [0.29, 0.717) is 43.4 Å². The van der Waals surface area contributed by atoms with Crippen LogP contribution in [-0.2, 0) is 10.9 Å². The van der Waals surface area contributed by atoms with Crippen molar-refractivity contribution in [2.24, 2.45) is 0 Å². The molecule has 194 valence electrons. The maximum Gasteiger partial charge on any atom is 0.418 e. The van der Waals surface area contributed by atoms with E-state index in [1.165, 1.54) is 16.7 Å². The van der Waals surface area contributed by atoms with Crippen molar-refractivity contribution in [1.82, 2.24) is 24.5 Å². The highest BCUT2D eigenvalue weighted by Gasteiger charge is 2.36. The van der Waals surface area contributed by atoms with Crippen molar-refractivity contribution in [3.05, 3.63) is 82.8 Å². The molecule has 38 heavy (non-hydrogen) atoms. The zero-order valence-corrected chi connectivity index (χ0v) is 20.3. The van der Waals surface area contributed by atoms with Gasteiger partial charge in [0.2, 0.25) is 0 Å². The average molecular weight is 521 g/mol. The largest absolute Gasteiger partial charge is 0.418 e. The van der Waals surface area contributed by atoms with Crippen LogP contribution in [0, 0.1) is 6.92 Å². The molecule has 1 aliphatic heterocycles. The van der Waals surface area contributed by atoms with E-state index in [0.717, 1.165) is 28.2 Å². The Morgan fingerprint density at radius 1 is 1.00 bits per heavy atom. The van der Waals surface area contributed by atoms with Crippen LogP contribution in [0.4, 0.5) is 18.9 Å². The number of aromatic nitrogens is 5. The fourth-order valence-electron chi connectivity index (χ4n) is 4.91. The molecule has 0 unspecified atom stereocenters. The van der Waals surface area contributed by atoms with E-state index < -0.39 is 17.4 Å². The Morgan fingerprint density at radius 3 is 2.61 bits per heavy atom. The van der Waals surface area contributed by atoms with E-state index in [9.17, 15) is 18.0 Å². The van der Waals surface area contributed by atoms with Gasteiger partial charge in [0.25, 0.3) is 0 Å². The van der Waals surface area contributed by atoms with Crippen LogP contribution in [0.1, 0.15) is 11.3 Å². The molecule has 0 amide bonds. The molecule has 0 bridgehead atoms. The molecule has 0 spiro atoms. The summed E-state index contributed by atoms with van der Waals surface area (Å²) in [5.41, 5.74) is 2.55. The van der Waals surface area contributed by atoms with E-state index in [4.69, 9.17) is 4.74 Å². The second kappa shape index (κ2) is 9.18. The molecule has 4 aromatic heterocycles. The highest BCUT2D eigenvalue weighted by atomic mass is 19.4. The predicted octanol–water partition coefficient (Wildman–Crippen LogP) is 4.93. The lowest BCUT2D eigenvalue weighted by Gasteiger charge is -2.31. The minimum Gasteiger partial charge on any atom is -0.378 e. The number of anilines is 1. The third kappa shape index (κ3) is 4.24. The summed E-state index contributed by atoms with van der Waals surface area (Å²) in [5, 5.41) is 0.940. The molecule has 8 nitrogen and oxygen atoms in total. The number of imidazole rings is 1. The third-order valence-electron chi connectivity index (χ3n) is 6.71. The van der Waals surface area contributed by atoms with Crippen molar-refractivity contribution >= 4 is 16.7 Å². The molecule has 1 aliphatic rings. The van der Waals surface area contributed by atoms with E-state index in [2.05, 4.69) is 19.9 Å². The van der Waals surface area contributed by atoms with Gasteiger partial charge in [0.1, 0.15) is 5.65 Å². The first kappa shape index (κ1) is 24.0. The van der Waals surface area contributed by atoms with Gasteiger partial charge in [0.05, 0.1) is 35.9 Å². The van der Waals surface area contributed by atoms with Crippen molar-refractivity contribution in [2.75, 3.05) is 31.2 Å². The second-order valence-corrected chi connectivity index (χ2v) is 9.11. The van der Waals surface area contributed by atoms with Crippen LogP contribution in [0.25, 0.3) is 39.2 Å². The average Bonchev–Trinajstić information content (AvgIpc) is 3.51. The lowest BCUT2D eigenvalue weighted by Crippen LogP contribution is -2.37. The number of fused-ring (bicyclic) bond motifs is 1. The van der Waals surface area contributed by atoms with Crippen molar-refractivity contribution in [1.29, 1.82) is 0 Å². The van der Waals surface area contributed by atoms with Gasteiger partial charge in [-0.3, -0.25) is 9.55 Å². The number of benzene rings is 1. The van der Waals surface area contributed by atoms with Gasteiger partial charge < -0.3 is 19.6 Å². The summed E-state index contributed by atoms with van der Waals surface area (Å²) in [6, 6.07) is 11.5. The molecule has 1 aromatic carbocycles. The maximum atomic E-state index is 14.2. The molecule has 2 N–H and O–H groups in total. The number of H-pyrrole nitrogens is 2. The first-order valence-corrected chi connectivity index (χ1v) is 12.1. The van der Waals surface area contributed by atoms with Gasteiger partial charge in [-0.15, -0.1) is 0 Å². The van der Waals surface area contributed by atoms with Crippen LogP contribution in [0.15, 0.2) is 65.8 Å². The second-order valence-electron chi connectivity index (χ2n) is 9.11. The Labute approximate surface area is 214 Å². The minimum absolute atomic E-state index is 0.0687. The quantitative estimate of drug-likeness (QED) is 0.351. The number of nitrogens with zero attached hydrogens (tertiary/aromatic N) is 4. The Morgan fingerprint density at radius 2 is 1.82 bits per heavy atom. The standard InChI is InChI=1S/C27H23F3N6O2/c1-16-24(22-13-17(4-6-31-22)19-12-18-5-7-32-25(18)33-15-19)36(26(37)34-16)20-2-3-23(21(14-20)27(28,29)30)35-8-10-38-11-9-35/h2-7,12-15H,8-11H2,1H3,(H,32,33)(H,34,37). The van der Waals surface area contributed by atoms with Crippen LogP contribution in [0.3, 0.4) is 0 Å². The van der Waals surface area contributed by atoms with Crippen molar-refractivity contribution in [3.8, 4) is 28.2 Å². The highest BCUT2D eigenvalue weighted by molar-refractivity contribution is 5.82. The van der Waals surface area contributed by atoms with Crippen LogP contribution in [-0.4, -0.2) is 50.8 Å². The van der Waals surface area contributed by atoms with E-state index in [-0.39, 0.29) is 11.4 Å². The normalized spacial score (nSPS) is 14.4. The van der Waals surface area contributed by atoms with Crippen LogP contribution < -0.4 is 10.6 Å². The minimum atomic E-state index is -4.61. The molecule has 5 aromatic rings. The fraction of sp³-hybridized carbons (Fsp3) is 0.222. The van der Waals surface area contributed by atoms with Gasteiger partial charge >= 0.3 is 11.9 Å². The summed E-state index contributed by atoms with van der Waals surface area (Å²) < 4.78 is 49.1. The summed E-state index contributed by atoms with van der Waals surface area (Å²) in [5.74, 6) is 0. The van der Waals surface area contributed by atoms with Crippen molar-refractivity contribution in [2.45, 2.75) is 13.1 Å². The number of alkyl halides is 3. The molecule has 0 atom stereocenters. The topological polar surface area (TPSA) is 91.8 Å². The Hall–Kier alpha value is -4.38. The summed E-state index contributed by atoms with van der Waals surface area (Å²) in [6.07, 6.45) is 0.534. The number of morpholine rings is 1. The molecular weight excluding hydrogens is 497 g/mol. The Bertz CT molecular complexity index is 1700. The molecule has 6 rings (SSSR count). The first-order valence-electron chi connectivity index (χ1n) is 12.1. The number of ether oxygens (including phenoxy) is 1. The Kier molecular flexibility index (Phi) is 5.79. The molecule has 11 heteroatoms. The third-order valence-corrected chi connectivity index (χ3v) is 6.71. The number of hydrogen-bond donors (Lipinski definition) is 2. The lowest BCUT2D eigenvalue weighted by molar-refractivity contribution is -0.137. The Balaban J connectivity index is 1.46. The van der Waals surface area contributed by atoms with Crippen molar-refractivity contribution < 1.29 is 17.9 Å². The lowest BCUT2D eigenvalue weighted by atomic mass is 10.1. The zero-order valence-electron chi connectivity index (χ0n) is 20.3. The highest BCUT2D eigenvalue weighted by Crippen LogP contribution is 2.39. The molecule has 5 heterocycles. The van der Waals surface area contributed by atoms with E-state index in [1.54, 1.807) is 36.5 Å². The van der Waals surface area contributed by atoms with Gasteiger partial charge in [-0.25, -0.2) is 9.78 Å². The van der Waals surface area contributed by atoms with Gasteiger partial charge in [-0.05, 0) is 55.0 Å². The summed E-state index contributed by atoms with van der Waals surface area (Å²) in [7, 11) is 0. The van der Waals surface area contributed by atoms with Crippen LogP contribution >= 0.6 is 0 Å². The number of pyridine rings is 2. The number of halogens is 3. The first-order chi connectivity index (χ1) is 18.3. The van der Waals surface area contributed by atoms with Gasteiger partial charge in [-0.1, -0.05) is 0 Å². The maximum absolute atomic E-state index is 14.2. The molecule has 0 aliphatic carbocycles. The molecule has 0 saturated carbocycles. The number of hydrogen-bond acceptors (Lipinski definition) is 5. The van der Waals surface area contributed by atoms with Crippen LogP contribution in [0.5, 0.6) is 0 Å². The van der Waals surface area contributed by atoms with Gasteiger partial charge in [-0.2, -0.15) is 13.2 Å². The zero-order chi connectivity index (χ0) is 26.4.